The summed E-state index contributed by atoms with van der Waals surface area (Å²) < 4.78 is 5.91. The topological polar surface area (TPSA) is 108 Å². The highest BCUT2D eigenvalue weighted by Crippen LogP contribution is 2.34. The first-order valence-electron chi connectivity index (χ1n) is 12.7. The molecule has 1 atom stereocenters. The van der Waals surface area contributed by atoms with Gasteiger partial charge < -0.3 is 20.7 Å². The number of hydrogen-bond donors (Lipinski definition) is 2. The molecule has 194 valence electrons. The minimum atomic E-state index is -0.448. The molecule has 0 spiro atoms. The van der Waals surface area contributed by atoms with Gasteiger partial charge in [0.05, 0.1) is 29.9 Å². The first kappa shape index (κ1) is 25.6. The normalized spacial score (nSPS) is 13.0. The van der Waals surface area contributed by atoms with Crippen molar-refractivity contribution >= 4 is 17.5 Å². The number of nitrogens with one attached hydrogen (secondary N) is 1. The molecule has 0 aromatic heterocycles. The van der Waals surface area contributed by atoms with Crippen molar-refractivity contribution in [3.05, 3.63) is 119 Å². The Labute approximate surface area is 227 Å². The van der Waals surface area contributed by atoms with Gasteiger partial charge in [0.2, 0.25) is 5.91 Å². The van der Waals surface area contributed by atoms with Gasteiger partial charge in [-0.3, -0.25) is 9.59 Å². The van der Waals surface area contributed by atoms with Gasteiger partial charge >= 0.3 is 0 Å². The van der Waals surface area contributed by atoms with Crippen molar-refractivity contribution in [3.8, 4) is 22.9 Å². The summed E-state index contributed by atoms with van der Waals surface area (Å²) in [4.78, 5) is 27.0. The van der Waals surface area contributed by atoms with Crippen LogP contribution in [-0.4, -0.2) is 25.0 Å². The lowest BCUT2D eigenvalue weighted by Gasteiger charge is -2.31. The van der Waals surface area contributed by atoms with Crippen LogP contribution in [0.5, 0.6) is 5.75 Å². The van der Waals surface area contributed by atoms with E-state index in [0.29, 0.717) is 35.6 Å². The molecule has 7 heteroatoms. The van der Waals surface area contributed by atoms with Crippen LogP contribution in [0.25, 0.3) is 11.1 Å². The van der Waals surface area contributed by atoms with E-state index in [1.54, 1.807) is 30.3 Å². The van der Waals surface area contributed by atoms with Crippen LogP contribution in [0.2, 0.25) is 0 Å². The number of fused-ring (bicyclic) bond motifs is 1. The van der Waals surface area contributed by atoms with Gasteiger partial charge in [-0.15, -0.1) is 0 Å². The average molecular weight is 517 g/mol. The highest BCUT2D eigenvalue weighted by molar-refractivity contribution is 5.99. The van der Waals surface area contributed by atoms with Gasteiger partial charge in [-0.25, -0.2) is 0 Å². The summed E-state index contributed by atoms with van der Waals surface area (Å²) in [6.45, 7) is 3.83. The molecule has 7 nitrogen and oxygen atoms in total. The van der Waals surface area contributed by atoms with E-state index in [1.807, 2.05) is 55.5 Å². The van der Waals surface area contributed by atoms with Crippen molar-refractivity contribution in [1.82, 2.24) is 5.32 Å². The number of nitrogens with zero attached hydrogens (tertiary/aromatic N) is 2. The van der Waals surface area contributed by atoms with Crippen LogP contribution in [-0.2, 0) is 6.54 Å². The second kappa shape index (κ2) is 11.1. The van der Waals surface area contributed by atoms with Crippen LogP contribution in [0.3, 0.4) is 0 Å². The Morgan fingerprint density at radius 1 is 1.03 bits per heavy atom. The van der Waals surface area contributed by atoms with Gasteiger partial charge in [0.1, 0.15) is 12.4 Å². The van der Waals surface area contributed by atoms with Crippen molar-refractivity contribution in [1.29, 1.82) is 5.26 Å². The monoisotopic (exact) mass is 516 g/mol. The molecule has 1 aliphatic rings. The summed E-state index contributed by atoms with van der Waals surface area (Å²) in [7, 11) is 0. The maximum Gasteiger partial charge on any atom is 0.251 e. The smallest absolute Gasteiger partial charge is 0.251 e. The molecule has 4 aromatic carbocycles. The van der Waals surface area contributed by atoms with Gasteiger partial charge in [0, 0.05) is 17.7 Å². The van der Waals surface area contributed by atoms with Gasteiger partial charge in [-0.1, -0.05) is 54.6 Å². The number of benzene rings is 4. The van der Waals surface area contributed by atoms with Crippen LogP contribution in [0, 0.1) is 11.3 Å². The first-order chi connectivity index (χ1) is 18.9. The highest BCUT2D eigenvalue weighted by Gasteiger charge is 2.21. The summed E-state index contributed by atoms with van der Waals surface area (Å²) in [5.41, 5.74) is 11.9. The molecule has 0 saturated carbocycles. The second-order valence-electron chi connectivity index (χ2n) is 9.49. The van der Waals surface area contributed by atoms with E-state index >= 15 is 0 Å². The predicted octanol–water partition coefficient (Wildman–Crippen LogP) is 5.21. The van der Waals surface area contributed by atoms with Gasteiger partial charge in [0.25, 0.3) is 5.91 Å². The quantitative estimate of drug-likeness (QED) is 0.350. The molecule has 2 amide bonds. The van der Waals surface area contributed by atoms with E-state index in [0.717, 1.165) is 34.5 Å². The van der Waals surface area contributed by atoms with Crippen molar-refractivity contribution in [2.45, 2.75) is 19.5 Å². The average Bonchev–Trinajstić information content (AvgIpc) is 2.97. The van der Waals surface area contributed by atoms with Crippen molar-refractivity contribution in [2.75, 3.05) is 18.1 Å². The molecule has 1 aliphatic heterocycles. The number of anilines is 1. The number of ether oxygens (including phenoxy) is 1. The summed E-state index contributed by atoms with van der Waals surface area (Å²) in [6.07, 6.45) is 0. The fourth-order valence-electron chi connectivity index (χ4n) is 4.75. The minimum Gasteiger partial charge on any atom is -0.490 e. The molecule has 1 unspecified atom stereocenters. The number of primary amides is 1. The molecule has 5 rings (SSSR count). The molecule has 0 fully saturated rings. The maximum atomic E-state index is 13.0. The molecule has 3 N–H and O–H groups in total. The predicted molar refractivity (Wildman–Crippen MR) is 150 cm³/mol. The van der Waals surface area contributed by atoms with Crippen molar-refractivity contribution < 1.29 is 14.3 Å². The zero-order chi connectivity index (χ0) is 27.4. The Morgan fingerprint density at radius 3 is 2.49 bits per heavy atom. The van der Waals surface area contributed by atoms with E-state index in [2.05, 4.69) is 28.4 Å². The SMILES string of the molecule is CC(NC(=O)c1ccc2c(c1)OCCN2Cc1ccc(-c2ccccc2C(N)=O)cc1)c1ccc(C#N)cc1. The van der Waals surface area contributed by atoms with E-state index in [4.69, 9.17) is 15.7 Å². The zero-order valence-corrected chi connectivity index (χ0v) is 21.6. The summed E-state index contributed by atoms with van der Waals surface area (Å²) >= 11 is 0. The number of hydrogen-bond acceptors (Lipinski definition) is 5. The van der Waals surface area contributed by atoms with Gasteiger partial charge in [0.15, 0.2) is 0 Å². The summed E-state index contributed by atoms with van der Waals surface area (Å²) in [5, 5.41) is 12.0. The third-order valence-corrected chi connectivity index (χ3v) is 6.90. The third kappa shape index (κ3) is 5.60. The van der Waals surface area contributed by atoms with E-state index in [9.17, 15) is 9.59 Å². The molecule has 39 heavy (non-hydrogen) atoms. The Kier molecular flexibility index (Phi) is 7.28. The molecule has 0 bridgehead atoms. The molecular weight excluding hydrogens is 488 g/mol. The lowest BCUT2D eigenvalue weighted by Crippen LogP contribution is -2.32. The lowest BCUT2D eigenvalue weighted by atomic mass is 9.98. The van der Waals surface area contributed by atoms with Gasteiger partial charge in [-0.2, -0.15) is 5.26 Å². The number of nitriles is 1. The van der Waals surface area contributed by atoms with Crippen LogP contribution >= 0.6 is 0 Å². The van der Waals surface area contributed by atoms with Crippen LogP contribution in [0.15, 0.2) is 91.0 Å². The maximum absolute atomic E-state index is 13.0. The Bertz CT molecular complexity index is 1560. The molecular formula is C32H28N4O3. The summed E-state index contributed by atoms with van der Waals surface area (Å²) in [6, 6.07) is 30.0. The number of amides is 2. The number of nitrogens with two attached hydrogens (primary N) is 1. The zero-order valence-electron chi connectivity index (χ0n) is 21.6. The van der Waals surface area contributed by atoms with E-state index in [1.165, 1.54) is 0 Å². The fraction of sp³-hybridized carbons (Fsp3) is 0.156. The largest absolute Gasteiger partial charge is 0.490 e. The Morgan fingerprint density at radius 2 is 1.77 bits per heavy atom. The van der Waals surface area contributed by atoms with Crippen LogP contribution in [0.4, 0.5) is 5.69 Å². The minimum absolute atomic E-state index is 0.192. The molecule has 0 saturated heterocycles. The lowest BCUT2D eigenvalue weighted by molar-refractivity contribution is 0.0938. The van der Waals surface area contributed by atoms with Crippen molar-refractivity contribution in [3.63, 3.8) is 0 Å². The second-order valence-corrected chi connectivity index (χ2v) is 9.49. The number of rotatable bonds is 7. The van der Waals surface area contributed by atoms with Gasteiger partial charge in [-0.05, 0) is 65.6 Å². The molecule has 0 radical (unpaired) electrons. The van der Waals surface area contributed by atoms with E-state index in [-0.39, 0.29) is 11.9 Å². The molecule has 4 aromatic rings. The number of carbonyl (C=O) groups excluding carboxylic acids is 2. The highest BCUT2D eigenvalue weighted by atomic mass is 16.5. The van der Waals surface area contributed by atoms with Crippen LogP contribution in [0.1, 0.15) is 50.4 Å². The number of carbonyl (C=O) groups is 2. The van der Waals surface area contributed by atoms with Crippen molar-refractivity contribution in [2.24, 2.45) is 5.73 Å². The third-order valence-electron chi connectivity index (χ3n) is 6.90. The summed E-state index contributed by atoms with van der Waals surface area (Å²) in [5.74, 6) is 0.0329. The molecule has 1 heterocycles. The Balaban J connectivity index is 1.28. The Hall–Kier alpha value is -5.09. The standard InChI is InChI=1S/C32H28N4O3/c1-21(24-10-6-22(19-33)7-11-24)35-32(38)26-14-15-29-30(18-26)39-17-16-36(29)20-23-8-12-25(13-9-23)27-4-2-3-5-28(27)31(34)37/h2-15,18,21H,16-17,20H2,1H3,(H2,34,37)(H,35,38). The van der Waals surface area contributed by atoms with Crippen LogP contribution < -0.4 is 20.7 Å². The fourth-order valence-corrected chi connectivity index (χ4v) is 4.75. The van der Waals surface area contributed by atoms with E-state index < -0.39 is 5.91 Å². The molecule has 0 aliphatic carbocycles. The first-order valence-corrected chi connectivity index (χ1v) is 12.7.